The van der Waals surface area contributed by atoms with Crippen LogP contribution in [0.2, 0.25) is 5.02 Å². The van der Waals surface area contributed by atoms with Crippen molar-refractivity contribution in [2.75, 3.05) is 5.32 Å². The number of fused-ring (bicyclic) bond motifs is 2. The Morgan fingerprint density at radius 2 is 1.80 bits per heavy atom. The number of nitrogens with zero attached hydrogens (tertiary/aromatic N) is 2. The van der Waals surface area contributed by atoms with E-state index in [1.165, 1.54) is 24.4 Å². The maximum absolute atomic E-state index is 14.2. The molecule has 13 heteroatoms. The molecule has 3 N–H and O–H groups in total. The van der Waals surface area contributed by atoms with Crippen molar-refractivity contribution in [1.29, 1.82) is 0 Å². The van der Waals surface area contributed by atoms with E-state index >= 15 is 0 Å². The zero-order valence-electron chi connectivity index (χ0n) is 20.4. The van der Waals surface area contributed by atoms with Crippen LogP contribution in [0.25, 0.3) is 22.3 Å². The number of aromatic amines is 1. The third kappa shape index (κ3) is 4.76. The summed E-state index contributed by atoms with van der Waals surface area (Å²) in [6.07, 6.45) is -3.36. The summed E-state index contributed by atoms with van der Waals surface area (Å²) in [5.74, 6) is -3.56. The number of halogens is 6. The van der Waals surface area contributed by atoms with E-state index in [-0.39, 0.29) is 33.5 Å². The minimum atomic E-state index is -4.90. The van der Waals surface area contributed by atoms with Crippen LogP contribution in [0.15, 0.2) is 66.9 Å². The largest absolute Gasteiger partial charge is 0.416 e. The smallest absolute Gasteiger partial charge is 0.341 e. The predicted octanol–water partition coefficient (Wildman–Crippen LogP) is 6.66. The van der Waals surface area contributed by atoms with Crippen LogP contribution in [0.3, 0.4) is 0 Å². The van der Waals surface area contributed by atoms with Gasteiger partial charge in [-0.3, -0.25) is 19.7 Å². The molecule has 7 nitrogen and oxygen atoms in total. The van der Waals surface area contributed by atoms with E-state index in [0.29, 0.717) is 34.4 Å². The van der Waals surface area contributed by atoms with Crippen LogP contribution in [0.4, 0.5) is 27.6 Å². The molecule has 0 saturated heterocycles. The number of aromatic nitrogens is 3. The molecule has 0 fully saturated rings. The van der Waals surface area contributed by atoms with Crippen molar-refractivity contribution in [2.45, 2.75) is 12.2 Å². The second-order valence-electron chi connectivity index (χ2n) is 9.21. The fourth-order valence-electron chi connectivity index (χ4n) is 4.78. The van der Waals surface area contributed by atoms with Crippen LogP contribution in [-0.4, -0.2) is 27.0 Å². The first-order chi connectivity index (χ1) is 19.5. The molecule has 0 bridgehead atoms. The molecule has 5 aromatic rings. The lowest BCUT2D eigenvalue weighted by Crippen LogP contribution is -2.21. The first-order valence-electron chi connectivity index (χ1n) is 11.9. The van der Waals surface area contributed by atoms with Gasteiger partial charge in [-0.25, -0.2) is 8.78 Å². The molecule has 0 aliphatic carbocycles. The summed E-state index contributed by atoms with van der Waals surface area (Å²) < 4.78 is 68.2. The number of pyridine rings is 1. The first kappa shape index (κ1) is 26.4. The van der Waals surface area contributed by atoms with Gasteiger partial charge in [0.1, 0.15) is 22.8 Å². The molecular weight excluding hydrogens is 569 g/mol. The number of hydrogen-bond acceptors (Lipinski definition) is 4. The monoisotopic (exact) mass is 583 g/mol. The fourth-order valence-corrected chi connectivity index (χ4v) is 5.00. The number of alkyl halides is 3. The van der Waals surface area contributed by atoms with Gasteiger partial charge in [-0.05, 0) is 60.7 Å². The number of amides is 2. The van der Waals surface area contributed by atoms with Gasteiger partial charge in [-0.2, -0.15) is 18.3 Å². The van der Waals surface area contributed by atoms with Crippen molar-refractivity contribution >= 4 is 40.1 Å². The molecule has 3 heterocycles. The molecule has 41 heavy (non-hydrogen) atoms. The molecule has 1 aliphatic rings. The summed E-state index contributed by atoms with van der Waals surface area (Å²) in [5, 5.41) is 12.4. The maximum Gasteiger partial charge on any atom is 0.416 e. The Hall–Kier alpha value is -4.84. The highest BCUT2D eigenvalue weighted by molar-refractivity contribution is 6.31. The maximum atomic E-state index is 14.2. The van der Waals surface area contributed by atoms with Crippen molar-refractivity contribution in [3.8, 4) is 11.3 Å². The van der Waals surface area contributed by atoms with Gasteiger partial charge in [-0.1, -0.05) is 11.6 Å². The highest BCUT2D eigenvalue weighted by Crippen LogP contribution is 2.42. The van der Waals surface area contributed by atoms with E-state index in [4.69, 9.17) is 11.6 Å². The lowest BCUT2D eigenvalue weighted by atomic mass is 9.93. The molecule has 206 valence electrons. The third-order valence-corrected chi connectivity index (χ3v) is 6.93. The van der Waals surface area contributed by atoms with Gasteiger partial charge in [0.25, 0.3) is 11.8 Å². The van der Waals surface area contributed by atoms with Crippen molar-refractivity contribution < 1.29 is 31.5 Å². The second kappa shape index (κ2) is 9.66. The Kier molecular flexibility index (Phi) is 6.22. The van der Waals surface area contributed by atoms with Crippen LogP contribution in [0, 0.1) is 11.6 Å². The van der Waals surface area contributed by atoms with Gasteiger partial charge in [0.05, 0.1) is 17.1 Å². The van der Waals surface area contributed by atoms with Crippen LogP contribution in [-0.2, 0) is 6.18 Å². The van der Waals surface area contributed by atoms with E-state index < -0.39 is 46.8 Å². The Balaban J connectivity index is 1.53. The number of H-pyrrole nitrogens is 1. The lowest BCUT2D eigenvalue weighted by Gasteiger charge is -2.19. The van der Waals surface area contributed by atoms with E-state index in [1.54, 1.807) is 12.1 Å². The summed E-state index contributed by atoms with van der Waals surface area (Å²) >= 11 is 6.32. The molecule has 1 unspecified atom stereocenters. The number of nitrogens with one attached hydrogen (secondary N) is 3. The van der Waals surface area contributed by atoms with Crippen molar-refractivity contribution in [2.24, 2.45) is 0 Å². The van der Waals surface area contributed by atoms with Crippen molar-refractivity contribution in [3.63, 3.8) is 0 Å². The van der Waals surface area contributed by atoms with Gasteiger partial charge in [0, 0.05) is 44.7 Å². The van der Waals surface area contributed by atoms with Gasteiger partial charge in [0.15, 0.2) is 0 Å². The summed E-state index contributed by atoms with van der Waals surface area (Å²) in [6.45, 7) is 0. The average Bonchev–Trinajstić information content (AvgIpc) is 3.50. The quantitative estimate of drug-likeness (QED) is 0.206. The molecule has 1 atom stereocenters. The predicted molar refractivity (Wildman–Crippen MR) is 139 cm³/mol. The topological polar surface area (TPSA) is 99.8 Å². The first-order valence-corrected chi connectivity index (χ1v) is 12.3. The normalized spacial score (nSPS) is 14.7. The number of benzene rings is 3. The molecule has 6 rings (SSSR count). The van der Waals surface area contributed by atoms with E-state index in [2.05, 4.69) is 25.8 Å². The Morgan fingerprint density at radius 1 is 1.00 bits per heavy atom. The van der Waals surface area contributed by atoms with Crippen molar-refractivity contribution in [3.05, 3.63) is 111 Å². The summed E-state index contributed by atoms with van der Waals surface area (Å²) in [5.41, 5.74) is 0.150. The number of carbonyl (C=O) groups is 2. The van der Waals surface area contributed by atoms with E-state index in [0.717, 1.165) is 12.1 Å². The van der Waals surface area contributed by atoms with Crippen LogP contribution < -0.4 is 10.6 Å². The van der Waals surface area contributed by atoms with Crippen LogP contribution >= 0.6 is 11.6 Å². The highest BCUT2D eigenvalue weighted by atomic mass is 35.5. The summed E-state index contributed by atoms with van der Waals surface area (Å²) in [7, 11) is 0. The van der Waals surface area contributed by atoms with Gasteiger partial charge in [-0.15, -0.1) is 0 Å². The second-order valence-corrected chi connectivity index (χ2v) is 9.62. The zero-order valence-corrected chi connectivity index (χ0v) is 21.2. The summed E-state index contributed by atoms with van der Waals surface area (Å²) in [4.78, 5) is 30.7. The molecule has 0 saturated carbocycles. The molecular formula is C28H15ClF5N5O2. The molecule has 1 aliphatic heterocycles. The molecule has 2 amide bonds. The SMILES string of the molecule is O=C(Nc1cc(-c2n[nH]c3cccnc23)cc2c1C(c1cc(F)ccc1Cl)NC2=O)c1cc(F)cc(C(F)(F)F)c1. The van der Waals surface area contributed by atoms with E-state index in [9.17, 15) is 31.5 Å². The third-order valence-electron chi connectivity index (χ3n) is 6.59. The number of carbonyl (C=O) groups excluding carboxylic acids is 2. The Labute approximate surface area is 232 Å². The van der Waals surface area contributed by atoms with E-state index in [1.807, 2.05) is 0 Å². The molecule has 2 aromatic heterocycles. The van der Waals surface area contributed by atoms with Crippen LogP contribution in [0.1, 0.15) is 43.4 Å². The van der Waals surface area contributed by atoms with Crippen LogP contribution in [0.5, 0.6) is 0 Å². The number of rotatable bonds is 4. The number of hydrogen-bond donors (Lipinski definition) is 3. The molecule has 3 aromatic carbocycles. The summed E-state index contributed by atoms with van der Waals surface area (Å²) in [6, 6.07) is 10.3. The zero-order chi connectivity index (χ0) is 29.1. The minimum Gasteiger partial charge on any atom is -0.341 e. The minimum absolute atomic E-state index is 0.0175. The Bertz CT molecular complexity index is 1890. The fraction of sp³-hybridized carbons (Fsp3) is 0.0714. The standard InChI is InChI=1S/C28H15ClF5N5O2/c29-19-4-3-15(30)11-17(19)24-22-18(27(41)37-24)8-12(23-25-20(38-39-23)2-1-5-35-25)9-21(22)36-26(40)13-6-14(28(32,33)34)10-16(31)7-13/h1-11,24H,(H,36,40)(H,37,41)(H,38,39). The average molecular weight is 584 g/mol. The van der Waals surface area contributed by atoms with Gasteiger partial charge >= 0.3 is 6.18 Å². The van der Waals surface area contributed by atoms with Crippen molar-refractivity contribution in [1.82, 2.24) is 20.5 Å². The molecule has 0 spiro atoms. The van der Waals surface area contributed by atoms with Gasteiger partial charge < -0.3 is 10.6 Å². The highest BCUT2D eigenvalue weighted by Gasteiger charge is 2.36. The van der Waals surface area contributed by atoms with Gasteiger partial charge in [0.2, 0.25) is 0 Å². The number of anilines is 1. The lowest BCUT2D eigenvalue weighted by molar-refractivity contribution is -0.137. The Morgan fingerprint density at radius 3 is 2.59 bits per heavy atom. The molecule has 0 radical (unpaired) electrons.